The first kappa shape index (κ1) is 22.4. The van der Waals surface area contributed by atoms with Crippen molar-refractivity contribution in [3.63, 3.8) is 0 Å². The minimum absolute atomic E-state index is 0.164. The Morgan fingerprint density at radius 3 is 1.80 bits per heavy atom. The molecule has 0 radical (unpaired) electrons. The first-order valence-electron chi connectivity index (χ1n) is 7.67. The summed E-state index contributed by atoms with van der Waals surface area (Å²) in [6, 6.07) is -1.65. The molecule has 2 atom stereocenters. The second-order valence-corrected chi connectivity index (χ2v) is 5.48. The van der Waals surface area contributed by atoms with Crippen molar-refractivity contribution in [1.29, 1.82) is 0 Å². The highest BCUT2D eigenvalue weighted by Gasteiger charge is 2.22. The molecule has 0 saturated carbocycles. The quantitative estimate of drug-likeness (QED) is 0.464. The normalized spacial score (nSPS) is 13.2. The molecule has 0 aromatic heterocycles. The molecule has 0 aliphatic rings. The van der Waals surface area contributed by atoms with Crippen molar-refractivity contribution in [1.82, 2.24) is 10.6 Å². The molecule has 8 heteroatoms. The summed E-state index contributed by atoms with van der Waals surface area (Å²) in [5.74, 6) is -1.84. The lowest BCUT2D eigenvalue weighted by Crippen LogP contribution is -2.40. The van der Waals surface area contributed by atoms with Crippen LogP contribution in [-0.2, 0) is 28.7 Å². The average molecular weight is 354 g/mol. The predicted molar refractivity (Wildman–Crippen MR) is 91.4 cm³/mol. The van der Waals surface area contributed by atoms with Crippen molar-refractivity contribution in [3.8, 4) is 0 Å². The van der Waals surface area contributed by atoms with E-state index in [1.165, 1.54) is 28.1 Å². The molecule has 0 spiro atoms. The largest absolute Gasteiger partial charge is 0.467 e. The van der Waals surface area contributed by atoms with Gasteiger partial charge in [-0.1, -0.05) is 18.2 Å². The second-order valence-electron chi connectivity index (χ2n) is 5.48. The van der Waals surface area contributed by atoms with E-state index in [0.717, 1.165) is 5.57 Å². The van der Waals surface area contributed by atoms with Gasteiger partial charge in [0.2, 0.25) is 11.8 Å². The van der Waals surface area contributed by atoms with Gasteiger partial charge in [0.25, 0.3) is 0 Å². The van der Waals surface area contributed by atoms with Crippen LogP contribution in [0.4, 0.5) is 0 Å². The number of nitrogens with one attached hydrogen (secondary N) is 2. The lowest BCUT2D eigenvalue weighted by molar-refractivity contribution is -0.145. The maximum atomic E-state index is 11.7. The summed E-state index contributed by atoms with van der Waals surface area (Å²) in [5, 5.41) is 5.00. The zero-order chi connectivity index (χ0) is 19.6. The number of hydrogen-bond donors (Lipinski definition) is 2. The van der Waals surface area contributed by atoms with E-state index in [1.807, 2.05) is 0 Å². The second kappa shape index (κ2) is 11.0. The fourth-order valence-electron chi connectivity index (χ4n) is 2.03. The van der Waals surface area contributed by atoms with Crippen LogP contribution in [0.25, 0.3) is 0 Å². The number of carbonyl (C=O) groups is 4. The highest BCUT2D eigenvalue weighted by atomic mass is 16.5. The van der Waals surface area contributed by atoms with Crippen molar-refractivity contribution < 1.29 is 28.7 Å². The SMILES string of the molecule is C=C(CC(NC(C)=O)C(=O)OC)C(C)=CC[C@H](NC(C)=O)C(=O)OC. The van der Waals surface area contributed by atoms with Gasteiger partial charge in [-0.25, -0.2) is 9.59 Å². The van der Waals surface area contributed by atoms with E-state index in [-0.39, 0.29) is 24.7 Å². The molecule has 0 saturated heterocycles. The van der Waals surface area contributed by atoms with Crippen LogP contribution in [0.2, 0.25) is 0 Å². The molecule has 1 unspecified atom stereocenters. The molecule has 0 aromatic carbocycles. The summed E-state index contributed by atoms with van der Waals surface area (Å²) in [6.45, 7) is 8.25. The molecule has 140 valence electrons. The van der Waals surface area contributed by atoms with Crippen LogP contribution in [0.3, 0.4) is 0 Å². The molecular formula is C17H26N2O6. The summed E-state index contributed by atoms with van der Waals surface area (Å²) in [4.78, 5) is 45.7. The zero-order valence-electron chi connectivity index (χ0n) is 15.3. The molecular weight excluding hydrogens is 328 g/mol. The van der Waals surface area contributed by atoms with E-state index in [2.05, 4.69) is 26.7 Å². The van der Waals surface area contributed by atoms with E-state index in [0.29, 0.717) is 5.57 Å². The van der Waals surface area contributed by atoms with Crippen LogP contribution in [0.15, 0.2) is 23.8 Å². The van der Waals surface area contributed by atoms with Gasteiger partial charge in [0.05, 0.1) is 14.2 Å². The monoisotopic (exact) mass is 354 g/mol. The molecule has 2 amide bonds. The fourth-order valence-corrected chi connectivity index (χ4v) is 2.03. The Labute approximate surface area is 147 Å². The highest BCUT2D eigenvalue weighted by molar-refractivity contribution is 5.84. The summed E-state index contributed by atoms with van der Waals surface area (Å²) in [5.41, 5.74) is 1.31. The number of allylic oxidation sites excluding steroid dienone is 1. The number of rotatable bonds is 9. The molecule has 8 nitrogen and oxygen atoms in total. The standard InChI is InChI=1S/C17H26N2O6/c1-10(7-8-14(16(22)24-5)18-12(3)20)11(2)9-15(17(23)25-6)19-13(4)21/h7,14-15H,2,8-9H2,1,3-6H3,(H,18,20)(H,19,21)/t14-,15?/m0/s1. The third kappa shape index (κ3) is 8.69. The van der Waals surface area contributed by atoms with E-state index < -0.39 is 24.0 Å². The molecule has 0 aliphatic carbocycles. The van der Waals surface area contributed by atoms with E-state index in [4.69, 9.17) is 0 Å². The number of carbonyl (C=O) groups excluding carboxylic acids is 4. The number of esters is 2. The minimum Gasteiger partial charge on any atom is -0.467 e. The minimum atomic E-state index is -0.843. The van der Waals surface area contributed by atoms with Crippen molar-refractivity contribution in [2.75, 3.05) is 14.2 Å². The summed E-state index contributed by atoms with van der Waals surface area (Å²) < 4.78 is 9.31. The van der Waals surface area contributed by atoms with Crippen LogP contribution >= 0.6 is 0 Å². The van der Waals surface area contributed by atoms with E-state index >= 15 is 0 Å². The number of ether oxygens (including phenoxy) is 2. The zero-order valence-corrected chi connectivity index (χ0v) is 15.3. The van der Waals surface area contributed by atoms with Crippen LogP contribution in [0.5, 0.6) is 0 Å². The summed E-state index contributed by atoms with van der Waals surface area (Å²) in [6.07, 6.45) is 2.08. The molecule has 25 heavy (non-hydrogen) atoms. The first-order chi connectivity index (χ1) is 11.6. The predicted octanol–water partition coefficient (Wildman–Crippen LogP) is 0.625. The van der Waals surface area contributed by atoms with Crippen molar-refractivity contribution in [2.45, 2.75) is 45.7 Å². The Bertz CT molecular complexity index is 567. The molecule has 0 aromatic rings. The molecule has 0 fully saturated rings. The van der Waals surface area contributed by atoms with Gasteiger partial charge in [-0.15, -0.1) is 0 Å². The lowest BCUT2D eigenvalue weighted by Gasteiger charge is -2.18. The number of hydrogen-bond acceptors (Lipinski definition) is 6. The van der Waals surface area contributed by atoms with Gasteiger partial charge in [0.15, 0.2) is 0 Å². The highest BCUT2D eigenvalue weighted by Crippen LogP contribution is 2.16. The Morgan fingerprint density at radius 2 is 1.36 bits per heavy atom. The van der Waals surface area contributed by atoms with Gasteiger partial charge in [0.1, 0.15) is 12.1 Å². The molecule has 2 N–H and O–H groups in total. The smallest absolute Gasteiger partial charge is 0.328 e. The van der Waals surface area contributed by atoms with Gasteiger partial charge < -0.3 is 20.1 Å². The lowest BCUT2D eigenvalue weighted by atomic mass is 9.99. The molecule has 0 aliphatic heterocycles. The van der Waals surface area contributed by atoms with Crippen LogP contribution in [0.1, 0.15) is 33.6 Å². The van der Waals surface area contributed by atoms with Gasteiger partial charge in [-0.2, -0.15) is 0 Å². The molecule has 0 heterocycles. The van der Waals surface area contributed by atoms with Crippen LogP contribution in [0, 0.1) is 0 Å². The third-order valence-electron chi connectivity index (χ3n) is 3.39. The molecule has 0 rings (SSSR count). The van der Waals surface area contributed by atoms with Crippen molar-refractivity contribution in [3.05, 3.63) is 23.8 Å². The summed E-state index contributed by atoms with van der Waals surface area (Å²) in [7, 11) is 2.47. The van der Waals surface area contributed by atoms with Crippen LogP contribution in [-0.4, -0.2) is 50.1 Å². The van der Waals surface area contributed by atoms with Crippen molar-refractivity contribution >= 4 is 23.8 Å². The summed E-state index contributed by atoms with van der Waals surface area (Å²) >= 11 is 0. The van der Waals surface area contributed by atoms with Crippen molar-refractivity contribution in [2.24, 2.45) is 0 Å². The number of methoxy groups -OCH3 is 2. The Balaban J connectivity index is 5.00. The van der Waals surface area contributed by atoms with Crippen LogP contribution < -0.4 is 10.6 Å². The average Bonchev–Trinajstić information content (AvgIpc) is 2.55. The number of amides is 2. The Morgan fingerprint density at radius 1 is 0.920 bits per heavy atom. The first-order valence-corrected chi connectivity index (χ1v) is 7.67. The van der Waals surface area contributed by atoms with E-state index in [1.54, 1.807) is 13.0 Å². The molecule has 0 bridgehead atoms. The van der Waals surface area contributed by atoms with E-state index in [9.17, 15) is 19.2 Å². The fraction of sp³-hybridized carbons (Fsp3) is 0.529. The Hall–Kier alpha value is -2.64. The Kier molecular flexibility index (Phi) is 9.85. The van der Waals surface area contributed by atoms with Gasteiger partial charge in [-0.05, 0) is 18.9 Å². The third-order valence-corrected chi connectivity index (χ3v) is 3.39. The van der Waals surface area contributed by atoms with Gasteiger partial charge in [0, 0.05) is 20.3 Å². The maximum absolute atomic E-state index is 11.7. The van der Waals surface area contributed by atoms with Gasteiger partial charge in [-0.3, -0.25) is 9.59 Å². The maximum Gasteiger partial charge on any atom is 0.328 e. The topological polar surface area (TPSA) is 111 Å². The van der Waals surface area contributed by atoms with Gasteiger partial charge >= 0.3 is 11.9 Å².